The van der Waals surface area contributed by atoms with Crippen LogP contribution in [0.5, 0.6) is 5.75 Å². The van der Waals surface area contributed by atoms with Gasteiger partial charge in [-0.2, -0.15) is 21.6 Å². The average molecular weight is 619 g/mol. The highest BCUT2D eigenvalue weighted by atomic mass is 32.2. The minimum atomic E-state index is -5.88. The van der Waals surface area contributed by atoms with Gasteiger partial charge in [0.1, 0.15) is 6.73 Å². The second kappa shape index (κ2) is 12.5. The molecule has 0 spiro atoms. The highest BCUT2D eigenvalue weighted by molar-refractivity contribution is 7.88. The number of benzene rings is 3. The first-order chi connectivity index (χ1) is 19.7. The molecule has 0 unspecified atom stereocenters. The molecule has 0 atom stereocenters. The Hall–Kier alpha value is -4.01. The number of rotatable bonds is 11. The molecule has 1 aromatic heterocycles. The summed E-state index contributed by atoms with van der Waals surface area (Å²) in [6.07, 6.45) is 0. The van der Waals surface area contributed by atoms with Crippen LogP contribution in [-0.4, -0.2) is 56.4 Å². The number of alkyl halides is 3. The van der Waals surface area contributed by atoms with Crippen LogP contribution < -0.4 is 9.50 Å². The smallest absolute Gasteiger partial charge is 0.375 e. The molecule has 42 heavy (non-hydrogen) atoms. The molecule has 1 amide bonds. The molecule has 3 aromatic carbocycles. The third kappa shape index (κ3) is 7.63. The molecule has 0 aliphatic rings. The lowest BCUT2D eigenvalue weighted by molar-refractivity contribution is -0.0499. The lowest BCUT2D eigenvalue weighted by atomic mass is 9.93. The van der Waals surface area contributed by atoms with Gasteiger partial charge in [0.25, 0.3) is 5.91 Å². The van der Waals surface area contributed by atoms with E-state index in [4.69, 9.17) is 4.74 Å². The van der Waals surface area contributed by atoms with Gasteiger partial charge in [0.2, 0.25) is 5.82 Å². The number of hydrogen-bond acceptors (Lipinski definition) is 7. The first kappa shape index (κ1) is 30.9. The third-order valence-electron chi connectivity index (χ3n) is 6.05. The second-order valence-electron chi connectivity index (χ2n) is 10.5. The van der Waals surface area contributed by atoms with Gasteiger partial charge in [-0.05, 0) is 34.9 Å². The molecule has 4 rings (SSSR count). The van der Waals surface area contributed by atoms with Gasteiger partial charge in [-0.25, -0.2) is 4.98 Å². The van der Waals surface area contributed by atoms with Crippen LogP contribution in [0, 0.1) is 0 Å². The van der Waals surface area contributed by atoms with E-state index in [1.165, 1.54) is 12.1 Å². The summed E-state index contributed by atoms with van der Waals surface area (Å²) >= 11 is 0. The maximum Gasteiger partial charge on any atom is 0.534 e. The summed E-state index contributed by atoms with van der Waals surface area (Å²) in [6.45, 7) is 7.29. The van der Waals surface area contributed by atoms with Crippen LogP contribution >= 0.6 is 0 Å². The topological polar surface area (TPSA) is 123 Å². The van der Waals surface area contributed by atoms with Crippen LogP contribution in [0.1, 0.15) is 10.6 Å². The van der Waals surface area contributed by atoms with Crippen molar-refractivity contribution >= 4 is 24.1 Å². The number of carbonyl (C=O) groups is 1. The zero-order chi connectivity index (χ0) is 30.5. The van der Waals surface area contributed by atoms with Gasteiger partial charge in [-0.15, -0.1) is 5.10 Å². The number of carbonyl (C=O) groups excluding carboxylic acids is 1. The van der Waals surface area contributed by atoms with E-state index < -0.39 is 35.4 Å². The third-order valence-corrected chi connectivity index (χ3v) is 8.72. The van der Waals surface area contributed by atoms with Crippen LogP contribution in [0.15, 0.2) is 72.8 Å². The summed E-state index contributed by atoms with van der Waals surface area (Å²) in [4.78, 5) is 16.8. The Morgan fingerprint density at radius 1 is 0.929 bits per heavy atom. The Balaban J connectivity index is 1.57. The Morgan fingerprint density at radius 3 is 2.26 bits per heavy atom. The lowest BCUT2D eigenvalue weighted by Crippen LogP contribution is -2.29. The largest absolute Gasteiger partial charge is 0.534 e. The van der Waals surface area contributed by atoms with Crippen LogP contribution in [-0.2, 0) is 14.9 Å². The molecule has 9 nitrogen and oxygen atoms in total. The van der Waals surface area contributed by atoms with E-state index in [0.29, 0.717) is 34.7 Å². The number of aromatic nitrogens is 3. The van der Waals surface area contributed by atoms with Crippen molar-refractivity contribution in [2.75, 3.05) is 13.3 Å². The van der Waals surface area contributed by atoms with Crippen molar-refractivity contribution in [3.05, 3.63) is 78.6 Å². The molecule has 0 fully saturated rings. The van der Waals surface area contributed by atoms with Gasteiger partial charge >= 0.3 is 15.6 Å². The van der Waals surface area contributed by atoms with E-state index in [1.54, 1.807) is 54.6 Å². The molecule has 0 bridgehead atoms. The molecule has 14 heteroatoms. The molecular weight excluding hydrogens is 589 g/mol. The molecule has 2 N–H and O–H groups in total. The van der Waals surface area contributed by atoms with E-state index in [1.807, 2.05) is 0 Å². The van der Waals surface area contributed by atoms with Gasteiger partial charge in [0.05, 0.1) is 0 Å². The van der Waals surface area contributed by atoms with E-state index >= 15 is 0 Å². The summed E-state index contributed by atoms with van der Waals surface area (Å²) in [5.74, 6) is -0.716. The molecule has 0 saturated carbocycles. The highest BCUT2D eigenvalue weighted by Gasteiger charge is 2.48. The van der Waals surface area contributed by atoms with E-state index in [9.17, 15) is 26.4 Å². The molecule has 0 saturated heterocycles. The summed E-state index contributed by atoms with van der Waals surface area (Å²) < 4.78 is 72.6. The van der Waals surface area contributed by atoms with Crippen LogP contribution in [0.4, 0.5) is 13.2 Å². The maximum atomic E-state index is 13.0. The predicted octanol–water partition coefficient (Wildman–Crippen LogP) is 6.08. The number of nitrogens with zero attached hydrogens (tertiary/aromatic N) is 2. The van der Waals surface area contributed by atoms with Crippen molar-refractivity contribution in [3.8, 4) is 39.4 Å². The zero-order valence-electron chi connectivity index (χ0n) is 23.0. The lowest BCUT2D eigenvalue weighted by Gasteiger charge is -2.16. The van der Waals surface area contributed by atoms with Crippen molar-refractivity contribution in [2.24, 2.45) is 0 Å². The Morgan fingerprint density at radius 2 is 1.57 bits per heavy atom. The second-order valence-corrected chi connectivity index (χ2v) is 17.6. The zero-order valence-corrected chi connectivity index (χ0v) is 24.8. The molecule has 0 radical (unpaired) electrons. The van der Waals surface area contributed by atoms with Crippen molar-refractivity contribution in [1.29, 1.82) is 0 Å². The van der Waals surface area contributed by atoms with Gasteiger partial charge in [0, 0.05) is 25.8 Å². The monoisotopic (exact) mass is 618 g/mol. The Bertz CT molecular complexity index is 1670. The highest BCUT2D eigenvalue weighted by Crippen LogP contribution is 2.39. The minimum absolute atomic E-state index is 0.0366. The SMILES string of the molecule is C[Si](C)(C)CCOCNC(=O)c1n[nH]c(-c2cccc(-c3ccccc3-c3ccccc3OS(=O)(=O)C(F)(F)F)c2)n1. The van der Waals surface area contributed by atoms with E-state index in [0.717, 1.165) is 12.1 Å². The fraction of sp³-hybridized carbons (Fsp3) is 0.250. The first-order valence-electron chi connectivity index (χ1n) is 12.8. The van der Waals surface area contributed by atoms with Gasteiger partial charge in [-0.1, -0.05) is 80.3 Å². The molecule has 1 heterocycles. The van der Waals surface area contributed by atoms with Crippen LogP contribution in [0.2, 0.25) is 25.7 Å². The number of hydrogen-bond donors (Lipinski definition) is 2. The van der Waals surface area contributed by atoms with Gasteiger partial charge in [-0.3, -0.25) is 9.89 Å². The van der Waals surface area contributed by atoms with Crippen molar-refractivity contribution in [1.82, 2.24) is 20.5 Å². The fourth-order valence-electron chi connectivity index (χ4n) is 3.87. The number of halogens is 3. The fourth-order valence-corrected chi connectivity index (χ4v) is 5.10. The number of aromatic amines is 1. The normalized spacial score (nSPS) is 12.2. The molecular formula is C28H29F3N4O5SSi. The summed E-state index contributed by atoms with van der Waals surface area (Å²) in [5, 5.41) is 9.38. The predicted molar refractivity (Wildman–Crippen MR) is 155 cm³/mol. The van der Waals surface area contributed by atoms with Crippen LogP contribution in [0.25, 0.3) is 33.6 Å². The van der Waals surface area contributed by atoms with Gasteiger partial charge in [0.15, 0.2) is 11.6 Å². The molecule has 222 valence electrons. The Kier molecular flexibility index (Phi) is 9.18. The number of para-hydroxylation sites is 1. The van der Waals surface area contributed by atoms with Crippen LogP contribution in [0.3, 0.4) is 0 Å². The quantitative estimate of drug-likeness (QED) is 0.0687. The van der Waals surface area contributed by atoms with E-state index in [2.05, 4.69) is 44.3 Å². The first-order valence-corrected chi connectivity index (χ1v) is 17.9. The molecule has 4 aromatic rings. The number of H-pyrrole nitrogens is 1. The van der Waals surface area contributed by atoms with Crippen molar-refractivity contribution in [3.63, 3.8) is 0 Å². The van der Waals surface area contributed by atoms with Gasteiger partial charge < -0.3 is 14.2 Å². The van der Waals surface area contributed by atoms with E-state index in [-0.39, 0.29) is 18.1 Å². The average Bonchev–Trinajstić information content (AvgIpc) is 3.43. The number of nitrogens with one attached hydrogen (secondary N) is 2. The summed E-state index contributed by atoms with van der Waals surface area (Å²) in [7, 11) is -7.12. The molecule has 0 aliphatic heterocycles. The maximum absolute atomic E-state index is 13.0. The standard InChI is InChI=1S/C28H29F3N4O5SSi/c1-42(2,3)16-15-39-18-32-27(36)26-33-25(34-35-26)20-10-8-9-19(17-20)21-11-4-5-12-22(21)23-13-6-7-14-24(23)40-41(37,38)28(29,30)31/h4-14,17H,15-16,18H2,1-3H3,(H,32,36)(H,33,34,35). The Labute approximate surface area is 242 Å². The number of amides is 1. The van der Waals surface area contributed by atoms with Crippen molar-refractivity contribution in [2.45, 2.75) is 31.2 Å². The number of ether oxygens (including phenoxy) is 1. The van der Waals surface area contributed by atoms with Crippen molar-refractivity contribution < 1.29 is 35.3 Å². The summed E-state index contributed by atoms with van der Waals surface area (Å²) in [6, 6.07) is 20.4. The molecule has 0 aliphatic carbocycles. The summed E-state index contributed by atoms with van der Waals surface area (Å²) in [5.41, 5.74) is -3.17. The minimum Gasteiger partial charge on any atom is -0.375 e.